The van der Waals surface area contributed by atoms with Crippen molar-refractivity contribution in [3.63, 3.8) is 0 Å². The van der Waals surface area contributed by atoms with Crippen molar-refractivity contribution < 1.29 is 9.72 Å². The first-order valence-electron chi connectivity index (χ1n) is 7.44. The van der Waals surface area contributed by atoms with Crippen LogP contribution in [-0.4, -0.2) is 37.7 Å². The molecule has 0 aliphatic rings. The minimum atomic E-state index is -0.601. The van der Waals surface area contributed by atoms with Crippen LogP contribution < -0.4 is 11.1 Å². The van der Waals surface area contributed by atoms with Crippen LogP contribution in [0.2, 0.25) is 0 Å². The third kappa shape index (κ3) is 4.31. The predicted molar refractivity (Wildman–Crippen MR) is 95.0 cm³/mol. The molecule has 0 radical (unpaired) electrons. The highest BCUT2D eigenvalue weighted by molar-refractivity contribution is 5.95. The van der Waals surface area contributed by atoms with Crippen LogP contribution in [0.15, 0.2) is 30.9 Å². The maximum absolute atomic E-state index is 12.5. The van der Waals surface area contributed by atoms with Gasteiger partial charge >= 0.3 is 0 Å². The number of halogens is 1. The van der Waals surface area contributed by atoms with Gasteiger partial charge in [0.25, 0.3) is 11.6 Å². The second-order valence-electron chi connectivity index (χ2n) is 6.03. The van der Waals surface area contributed by atoms with E-state index < -0.39 is 16.4 Å². The maximum atomic E-state index is 12.5. The van der Waals surface area contributed by atoms with Gasteiger partial charge in [-0.2, -0.15) is 5.10 Å². The first-order chi connectivity index (χ1) is 11.3. The highest BCUT2D eigenvalue weighted by atomic mass is 35.5. The average Bonchev–Trinajstić information content (AvgIpc) is 3.08. The highest BCUT2D eigenvalue weighted by Gasteiger charge is 2.29. The molecule has 0 aliphatic heterocycles. The Balaban J connectivity index is 0.00000312. The number of hydrogen-bond acceptors (Lipinski definition) is 6. The van der Waals surface area contributed by atoms with E-state index in [-0.39, 0.29) is 41.8 Å². The van der Waals surface area contributed by atoms with E-state index >= 15 is 0 Å². The fourth-order valence-electron chi connectivity index (χ4n) is 2.10. The Morgan fingerprint density at radius 2 is 2.16 bits per heavy atom. The Hall–Kier alpha value is -2.52. The summed E-state index contributed by atoms with van der Waals surface area (Å²) in [7, 11) is 0. The molecular formula is C15H21ClN6O3. The molecule has 9 nitrogen and oxygen atoms in total. The number of benzene rings is 1. The van der Waals surface area contributed by atoms with Crippen molar-refractivity contribution in [1.82, 2.24) is 20.1 Å². The number of nitrogens with two attached hydrogens (primary N) is 1. The monoisotopic (exact) mass is 368 g/mol. The van der Waals surface area contributed by atoms with Gasteiger partial charge in [-0.15, -0.1) is 12.4 Å². The van der Waals surface area contributed by atoms with Crippen molar-refractivity contribution in [3.8, 4) is 5.69 Å². The summed E-state index contributed by atoms with van der Waals surface area (Å²) in [5.41, 5.74) is 5.35. The molecule has 2 rings (SSSR count). The van der Waals surface area contributed by atoms with Gasteiger partial charge in [-0.25, -0.2) is 9.67 Å². The van der Waals surface area contributed by atoms with E-state index in [2.05, 4.69) is 15.4 Å². The minimum Gasteiger partial charge on any atom is -0.345 e. The third-order valence-corrected chi connectivity index (χ3v) is 4.20. The topological polar surface area (TPSA) is 129 Å². The predicted octanol–water partition coefficient (Wildman–Crippen LogP) is 1.70. The quantitative estimate of drug-likeness (QED) is 0.589. The summed E-state index contributed by atoms with van der Waals surface area (Å²) < 4.78 is 1.28. The lowest BCUT2D eigenvalue weighted by atomic mass is 9.88. The van der Waals surface area contributed by atoms with Gasteiger partial charge in [0.1, 0.15) is 18.3 Å². The molecule has 136 valence electrons. The van der Waals surface area contributed by atoms with Crippen LogP contribution in [0.25, 0.3) is 5.69 Å². The van der Waals surface area contributed by atoms with Crippen molar-refractivity contribution >= 4 is 24.0 Å². The van der Waals surface area contributed by atoms with E-state index in [1.165, 1.54) is 35.5 Å². The maximum Gasteiger partial charge on any atom is 0.295 e. The Morgan fingerprint density at radius 1 is 1.48 bits per heavy atom. The highest BCUT2D eigenvalue weighted by Crippen LogP contribution is 2.24. The summed E-state index contributed by atoms with van der Waals surface area (Å²) in [6.45, 7) is 6.00. The van der Waals surface area contributed by atoms with Crippen molar-refractivity contribution in [2.75, 3.05) is 6.54 Å². The van der Waals surface area contributed by atoms with Gasteiger partial charge in [0.15, 0.2) is 0 Å². The van der Waals surface area contributed by atoms with Gasteiger partial charge in [-0.1, -0.05) is 13.8 Å². The lowest BCUT2D eigenvalue weighted by Gasteiger charge is -2.33. The first kappa shape index (κ1) is 20.5. The first-order valence-corrected chi connectivity index (χ1v) is 7.44. The average molecular weight is 369 g/mol. The molecule has 1 amide bonds. The second kappa shape index (κ2) is 8.04. The normalized spacial score (nSPS) is 13.0. The van der Waals surface area contributed by atoms with E-state index in [1.807, 2.05) is 20.8 Å². The Bertz CT molecular complexity index is 750. The fourth-order valence-corrected chi connectivity index (χ4v) is 2.10. The number of nitrogens with zero attached hydrogens (tertiary/aromatic N) is 4. The van der Waals surface area contributed by atoms with Crippen molar-refractivity contribution in [2.24, 2.45) is 11.7 Å². The molecule has 1 aromatic heterocycles. The smallest absolute Gasteiger partial charge is 0.295 e. The molecule has 0 aliphatic carbocycles. The van der Waals surface area contributed by atoms with E-state index in [9.17, 15) is 14.9 Å². The molecule has 0 fully saturated rings. The van der Waals surface area contributed by atoms with Crippen LogP contribution in [0.5, 0.6) is 0 Å². The molecule has 1 atom stereocenters. The number of nitro benzene ring substituents is 1. The number of aromatic nitrogens is 3. The number of amides is 1. The summed E-state index contributed by atoms with van der Waals surface area (Å²) in [5.74, 6) is -0.305. The van der Waals surface area contributed by atoms with Crippen LogP contribution in [0.3, 0.4) is 0 Å². The van der Waals surface area contributed by atoms with Crippen molar-refractivity contribution in [3.05, 3.63) is 46.5 Å². The molecule has 2 aromatic rings. The molecule has 1 unspecified atom stereocenters. The van der Waals surface area contributed by atoms with Crippen LogP contribution in [0, 0.1) is 16.0 Å². The van der Waals surface area contributed by atoms with Crippen LogP contribution >= 0.6 is 12.4 Å². The van der Waals surface area contributed by atoms with Crippen LogP contribution in [0.4, 0.5) is 5.69 Å². The molecule has 10 heteroatoms. The molecule has 25 heavy (non-hydrogen) atoms. The van der Waals surface area contributed by atoms with Crippen molar-refractivity contribution in [2.45, 2.75) is 26.3 Å². The summed E-state index contributed by atoms with van der Waals surface area (Å²) >= 11 is 0. The third-order valence-electron chi connectivity index (χ3n) is 4.20. The zero-order valence-electron chi connectivity index (χ0n) is 14.2. The van der Waals surface area contributed by atoms with Gasteiger partial charge in [0.05, 0.1) is 10.5 Å². The molecule has 0 saturated heterocycles. The molecule has 0 spiro atoms. The SMILES string of the molecule is CC(C)C(C)(CN)NC(=O)c1ccc(-n2cncn2)c([N+](=O)[O-])c1.Cl. The van der Waals surface area contributed by atoms with Gasteiger partial charge in [-0.05, 0) is 25.0 Å². The number of hydrogen-bond donors (Lipinski definition) is 2. The fraction of sp³-hybridized carbons (Fsp3) is 0.400. The van der Waals surface area contributed by atoms with Crippen LogP contribution in [-0.2, 0) is 0 Å². The Kier molecular flexibility index (Phi) is 6.60. The minimum absolute atomic E-state index is 0. The molecule has 1 heterocycles. The molecular weight excluding hydrogens is 348 g/mol. The molecule has 0 saturated carbocycles. The molecule has 3 N–H and O–H groups in total. The van der Waals surface area contributed by atoms with E-state index in [4.69, 9.17) is 5.73 Å². The number of carbonyl (C=O) groups is 1. The zero-order valence-corrected chi connectivity index (χ0v) is 15.0. The summed E-state index contributed by atoms with van der Waals surface area (Å²) in [4.78, 5) is 27.0. The molecule has 1 aromatic carbocycles. The lowest BCUT2D eigenvalue weighted by molar-refractivity contribution is -0.384. The molecule has 0 bridgehead atoms. The van der Waals surface area contributed by atoms with Gasteiger partial charge < -0.3 is 11.1 Å². The number of nitrogens with one attached hydrogen (secondary N) is 1. The summed E-state index contributed by atoms with van der Waals surface area (Å²) in [6.07, 6.45) is 2.63. The number of carbonyl (C=O) groups excluding carboxylic acids is 1. The number of nitro groups is 1. The summed E-state index contributed by atoms with van der Waals surface area (Å²) in [6, 6.07) is 4.21. The van der Waals surface area contributed by atoms with E-state index in [0.717, 1.165) is 0 Å². The number of rotatable bonds is 6. The van der Waals surface area contributed by atoms with Crippen molar-refractivity contribution in [1.29, 1.82) is 0 Å². The standard InChI is InChI=1S/C15H20N6O3.ClH/c1-10(2)15(3,7-16)19-14(22)11-4-5-12(13(6-11)21(23)24)20-9-17-8-18-20;/h4-6,8-10H,7,16H2,1-3H3,(H,19,22);1H. The Morgan fingerprint density at radius 3 is 2.64 bits per heavy atom. The summed E-state index contributed by atoms with van der Waals surface area (Å²) in [5, 5.41) is 18.1. The second-order valence-corrected chi connectivity index (χ2v) is 6.03. The van der Waals surface area contributed by atoms with Crippen LogP contribution in [0.1, 0.15) is 31.1 Å². The Labute approximate surface area is 151 Å². The van der Waals surface area contributed by atoms with E-state index in [1.54, 1.807) is 0 Å². The lowest BCUT2D eigenvalue weighted by Crippen LogP contribution is -2.55. The largest absolute Gasteiger partial charge is 0.345 e. The zero-order chi connectivity index (χ0) is 17.9. The van der Waals surface area contributed by atoms with Gasteiger partial charge in [0, 0.05) is 18.2 Å². The van der Waals surface area contributed by atoms with Gasteiger partial charge in [0.2, 0.25) is 0 Å². The van der Waals surface area contributed by atoms with E-state index in [0.29, 0.717) is 0 Å². The van der Waals surface area contributed by atoms with Gasteiger partial charge in [-0.3, -0.25) is 14.9 Å².